The Morgan fingerprint density at radius 2 is 1.88 bits per heavy atom. The Balaban J connectivity index is 1.62. The fraction of sp³-hybridized carbons (Fsp3) is 0.263. The van der Waals surface area contributed by atoms with Gasteiger partial charge in [0.1, 0.15) is 12.4 Å². The number of amides is 2. The number of nitrogens with zero attached hydrogens (tertiary/aromatic N) is 1. The molecule has 1 aliphatic heterocycles. The molecule has 0 N–H and O–H groups in total. The highest BCUT2D eigenvalue weighted by molar-refractivity contribution is 5.94. The molecule has 0 saturated carbocycles. The molecule has 0 bridgehead atoms. The van der Waals surface area contributed by atoms with Crippen LogP contribution in [0.5, 0.6) is 5.75 Å². The first kappa shape index (κ1) is 16.1. The number of imide groups is 1. The fourth-order valence-electron chi connectivity index (χ4n) is 2.65. The average Bonchev–Trinajstić information content (AvgIpc) is 2.95. The third-order valence-corrected chi connectivity index (χ3v) is 3.93. The van der Waals surface area contributed by atoms with Crippen LogP contribution in [0.4, 0.5) is 4.79 Å². The lowest BCUT2D eigenvalue weighted by Crippen LogP contribution is -2.42. The van der Waals surface area contributed by atoms with E-state index in [0.717, 1.165) is 11.1 Å². The summed E-state index contributed by atoms with van der Waals surface area (Å²) in [5.74, 6) is 0.208. The summed E-state index contributed by atoms with van der Waals surface area (Å²) in [5, 5.41) is 0. The highest BCUT2D eigenvalue weighted by atomic mass is 16.6. The van der Waals surface area contributed by atoms with E-state index in [0.29, 0.717) is 12.2 Å². The third kappa shape index (κ3) is 3.74. The van der Waals surface area contributed by atoms with Crippen molar-refractivity contribution in [1.82, 2.24) is 4.90 Å². The molecule has 1 aliphatic rings. The van der Waals surface area contributed by atoms with E-state index in [4.69, 9.17) is 9.47 Å². The number of rotatable bonds is 5. The van der Waals surface area contributed by atoms with Gasteiger partial charge in [-0.3, -0.25) is 4.79 Å². The van der Waals surface area contributed by atoms with Gasteiger partial charge in [0.2, 0.25) is 0 Å². The van der Waals surface area contributed by atoms with Gasteiger partial charge in [-0.05, 0) is 31.0 Å². The number of hydrogen-bond acceptors (Lipinski definition) is 4. The molecule has 0 aromatic heterocycles. The van der Waals surface area contributed by atoms with Gasteiger partial charge < -0.3 is 9.47 Å². The summed E-state index contributed by atoms with van der Waals surface area (Å²) in [6.45, 7) is 2.00. The van der Waals surface area contributed by atoms with E-state index in [1.807, 2.05) is 49.4 Å². The SMILES string of the molecule is Cc1ccc(OCC(=O)N2C(=O)OC[C@@H]2Cc2ccccc2)cc1. The van der Waals surface area contributed by atoms with Gasteiger partial charge in [-0.1, -0.05) is 48.0 Å². The second-order valence-corrected chi connectivity index (χ2v) is 5.79. The molecule has 0 unspecified atom stereocenters. The summed E-state index contributed by atoms with van der Waals surface area (Å²) in [6.07, 6.45) is -0.0310. The van der Waals surface area contributed by atoms with Gasteiger partial charge in [0.25, 0.3) is 5.91 Å². The summed E-state index contributed by atoms with van der Waals surface area (Å²) in [6, 6.07) is 16.8. The zero-order valence-corrected chi connectivity index (χ0v) is 13.5. The van der Waals surface area contributed by atoms with E-state index in [-0.39, 0.29) is 25.2 Å². The van der Waals surface area contributed by atoms with Gasteiger partial charge in [0.05, 0.1) is 6.04 Å². The highest BCUT2D eigenvalue weighted by Gasteiger charge is 2.37. The zero-order valence-electron chi connectivity index (χ0n) is 13.5. The number of carbonyl (C=O) groups is 2. The van der Waals surface area contributed by atoms with Crippen molar-refractivity contribution in [2.75, 3.05) is 13.2 Å². The van der Waals surface area contributed by atoms with Crippen LogP contribution in [0.2, 0.25) is 0 Å². The molecule has 5 nitrogen and oxygen atoms in total. The lowest BCUT2D eigenvalue weighted by Gasteiger charge is -2.19. The smallest absolute Gasteiger partial charge is 0.417 e. The fourth-order valence-corrected chi connectivity index (χ4v) is 2.65. The third-order valence-electron chi connectivity index (χ3n) is 3.93. The first-order valence-electron chi connectivity index (χ1n) is 7.85. The molecule has 3 rings (SSSR count). The molecule has 124 valence electrons. The minimum Gasteiger partial charge on any atom is -0.484 e. The standard InChI is InChI=1S/C19H19NO4/c1-14-7-9-17(10-8-14)23-13-18(21)20-16(12-24-19(20)22)11-15-5-3-2-4-6-15/h2-10,16H,11-13H2,1H3/t16-/m0/s1. The molecule has 24 heavy (non-hydrogen) atoms. The quantitative estimate of drug-likeness (QED) is 0.848. The zero-order chi connectivity index (χ0) is 16.9. The maximum absolute atomic E-state index is 12.4. The van der Waals surface area contributed by atoms with Crippen LogP contribution < -0.4 is 4.74 Å². The predicted octanol–water partition coefficient (Wildman–Crippen LogP) is 2.96. The summed E-state index contributed by atoms with van der Waals surface area (Å²) in [4.78, 5) is 25.5. The van der Waals surface area contributed by atoms with Crippen LogP contribution in [0.25, 0.3) is 0 Å². The van der Waals surface area contributed by atoms with Crippen LogP contribution in [0.15, 0.2) is 54.6 Å². The van der Waals surface area contributed by atoms with Crippen LogP contribution in [0.3, 0.4) is 0 Å². The Kier molecular flexibility index (Phi) is 4.79. The molecule has 0 radical (unpaired) electrons. The van der Waals surface area contributed by atoms with E-state index in [2.05, 4.69) is 0 Å². The van der Waals surface area contributed by atoms with Crippen molar-refractivity contribution in [3.63, 3.8) is 0 Å². The minimum atomic E-state index is -0.603. The molecular formula is C19H19NO4. The number of hydrogen-bond donors (Lipinski definition) is 0. The Morgan fingerprint density at radius 3 is 2.58 bits per heavy atom. The van der Waals surface area contributed by atoms with Crippen LogP contribution in [0.1, 0.15) is 11.1 Å². The van der Waals surface area contributed by atoms with Gasteiger partial charge >= 0.3 is 6.09 Å². The Morgan fingerprint density at radius 1 is 1.17 bits per heavy atom. The monoisotopic (exact) mass is 325 g/mol. The molecule has 1 heterocycles. The highest BCUT2D eigenvalue weighted by Crippen LogP contribution is 2.18. The van der Waals surface area contributed by atoms with E-state index in [9.17, 15) is 9.59 Å². The first-order chi connectivity index (χ1) is 11.6. The minimum absolute atomic E-state index is 0.191. The molecule has 1 atom stereocenters. The number of cyclic esters (lactones) is 1. The van der Waals surface area contributed by atoms with Crippen LogP contribution >= 0.6 is 0 Å². The van der Waals surface area contributed by atoms with E-state index < -0.39 is 6.09 Å². The number of carbonyl (C=O) groups excluding carboxylic acids is 2. The van der Waals surface area contributed by atoms with Crippen LogP contribution in [-0.2, 0) is 16.0 Å². The van der Waals surface area contributed by atoms with E-state index in [1.165, 1.54) is 4.90 Å². The molecule has 2 aromatic carbocycles. The predicted molar refractivity (Wildman–Crippen MR) is 88.8 cm³/mol. The van der Waals surface area contributed by atoms with Crippen molar-refractivity contribution in [2.45, 2.75) is 19.4 Å². The summed E-state index contributed by atoms with van der Waals surface area (Å²) in [5.41, 5.74) is 2.16. The Labute approximate surface area is 140 Å². The average molecular weight is 325 g/mol. The molecule has 5 heteroatoms. The normalized spacial score (nSPS) is 16.8. The molecular weight excluding hydrogens is 306 g/mol. The summed E-state index contributed by atoms with van der Waals surface area (Å²) < 4.78 is 10.5. The molecule has 1 fully saturated rings. The van der Waals surface area contributed by atoms with Crippen molar-refractivity contribution in [3.05, 3.63) is 65.7 Å². The van der Waals surface area contributed by atoms with E-state index in [1.54, 1.807) is 12.1 Å². The van der Waals surface area contributed by atoms with E-state index >= 15 is 0 Å². The molecule has 1 saturated heterocycles. The maximum Gasteiger partial charge on any atom is 0.417 e. The summed E-state index contributed by atoms with van der Waals surface area (Å²) in [7, 11) is 0. The van der Waals surface area contributed by atoms with Gasteiger partial charge in [0.15, 0.2) is 6.61 Å². The first-order valence-corrected chi connectivity index (χ1v) is 7.85. The van der Waals surface area contributed by atoms with Gasteiger partial charge in [0, 0.05) is 0 Å². The lowest BCUT2D eigenvalue weighted by molar-refractivity contribution is -0.131. The number of benzene rings is 2. The molecule has 2 aromatic rings. The lowest BCUT2D eigenvalue weighted by atomic mass is 10.1. The number of ether oxygens (including phenoxy) is 2. The second-order valence-electron chi connectivity index (χ2n) is 5.79. The molecule has 0 spiro atoms. The number of aryl methyl sites for hydroxylation is 1. The molecule has 0 aliphatic carbocycles. The van der Waals surface area contributed by atoms with Crippen LogP contribution in [0, 0.1) is 6.92 Å². The second kappa shape index (κ2) is 7.17. The van der Waals surface area contributed by atoms with Gasteiger partial charge in [-0.2, -0.15) is 0 Å². The van der Waals surface area contributed by atoms with Crippen LogP contribution in [-0.4, -0.2) is 36.2 Å². The largest absolute Gasteiger partial charge is 0.484 e. The summed E-state index contributed by atoms with van der Waals surface area (Å²) >= 11 is 0. The van der Waals surface area contributed by atoms with Gasteiger partial charge in [-0.25, -0.2) is 9.69 Å². The van der Waals surface area contributed by atoms with Crippen molar-refractivity contribution in [3.8, 4) is 5.75 Å². The maximum atomic E-state index is 12.4. The van der Waals surface area contributed by atoms with Crippen molar-refractivity contribution < 1.29 is 19.1 Å². The van der Waals surface area contributed by atoms with Crippen molar-refractivity contribution in [2.24, 2.45) is 0 Å². The Bertz CT molecular complexity index is 712. The van der Waals surface area contributed by atoms with Crippen molar-refractivity contribution in [1.29, 1.82) is 0 Å². The Hall–Kier alpha value is -2.82. The molecule has 2 amide bonds. The topological polar surface area (TPSA) is 55.8 Å². The van der Waals surface area contributed by atoms with Crippen molar-refractivity contribution >= 4 is 12.0 Å². The van der Waals surface area contributed by atoms with Gasteiger partial charge in [-0.15, -0.1) is 0 Å².